The van der Waals surface area contributed by atoms with Gasteiger partial charge in [-0.25, -0.2) is 17.9 Å². The van der Waals surface area contributed by atoms with Gasteiger partial charge in [-0.1, -0.05) is 23.7 Å². The van der Waals surface area contributed by atoms with E-state index in [-0.39, 0.29) is 30.6 Å². The highest BCUT2D eigenvalue weighted by atomic mass is 35.5. The Morgan fingerprint density at radius 3 is 2.72 bits per heavy atom. The molecule has 2 aromatic rings. The Bertz CT molecular complexity index is 1070. The first-order chi connectivity index (χ1) is 15.3. The fourth-order valence-electron chi connectivity index (χ4n) is 5.01. The maximum absolute atomic E-state index is 14.8. The second-order valence-corrected chi connectivity index (χ2v) is 11.3. The molecule has 174 valence electrons. The van der Waals surface area contributed by atoms with Gasteiger partial charge in [-0.05, 0) is 104 Å². The van der Waals surface area contributed by atoms with E-state index in [0.29, 0.717) is 10.9 Å². The van der Waals surface area contributed by atoms with Crippen LogP contribution in [-0.2, 0) is 22.9 Å². The fourth-order valence-corrected chi connectivity index (χ4v) is 6.46. The minimum absolute atomic E-state index is 0.0999. The number of ether oxygens (including phenoxy) is 1. The van der Waals surface area contributed by atoms with E-state index in [1.54, 1.807) is 12.1 Å². The molecule has 0 aromatic heterocycles. The molecule has 32 heavy (non-hydrogen) atoms. The second-order valence-electron chi connectivity index (χ2n) is 9.05. The minimum Gasteiger partial charge on any atom is -0.490 e. The maximum Gasteiger partial charge on any atom is 0.212 e. The summed E-state index contributed by atoms with van der Waals surface area (Å²) in [7, 11) is -1.70. The Morgan fingerprint density at radius 2 is 2.06 bits per heavy atom. The average Bonchev–Trinajstić information content (AvgIpc) is 3.49. The number of nitrogens with one attached hydrogen (secondary N) is 1. The van der Waals surface area contributed by atoms with Crippen molar-refractivity contribution in [2.75, 3.05) is 20.2 Å². The summed E-state index contributed by atoms with van der Waals surface area (Å²) in [6.45, 7) is 0.946. The van der Waals surface area contributed by atoms with E-state index >= 15 is 0 Å². The zero-order chi connectivity index (χ0) is 22.9. The Morgan fingerprint density at radius 1 is 1.28 bits per heavy atom. The third-order valence-electron chi connectivity index (χ3n) is 6.69. The fraction of sp³-hybridized carbons (Fsp3) is 0.500. The first-order valence-electron chi connectivity index (χ1n) is 11.1. The van der Waals surface area contributed by atoms with Gasteiger partial charge in [-0.3, -0.25) is 0 Å². The first kappa shape index (κ1) is 23.5. The van der Waals surface area contributed by atoms with Crippen LogP contribution in [-0.4, -0.2) is 33.9 Å². The van der Waals surface area contributed by atoms with Gasteiger partial charge in [0.1, 0.15) is 0 Å². The largest absolute Gasteiger partial charge is 0.490 e. The molecule has 0 aliphatic heterocycles. The van der Waals surface area contributed by atoms with Gasteiger partial charge in [0.05, 0.1) is 11.9 Å². The SMILES string of the molecule is CNCC1Cc2cc(F)c(OCCC(C3CC3)S(N)(=O)=O)cc2C1Cc1cccc(Cl)c1. The quantitative estimate of drug-likeness (QED) is 0.538. The molecule has 0 amide bonds. The summed E-state index contributed by atoms with van der Waals surface area (Å²) >= 11 is 6.18. The van der Waals surface area contributed by atoms with Gasteiger partial charge >= 0.3 is 0 Å². The molecule has 0 bridgehead atoms. The van der Waals surface area contributed by atoms with Gasteiger partial charge in [0.15, 0.2) is 11.6 Å². The van der Waals surface area contributed by atoms with Gasteiger partial charge < -0.3 is 10.1 Å². The number of nitrogens with two attached hydrogens (primary N) is 1. The summed E-state index contributed by atoms with van der Waals surface area (Å²) in [5.41, 5.74) is 3.23. The molecular weight excluding hydrogens is 451 g/mol. The van der Waals surface area contributed by atoms with E-state index in [2.05, 4.69) is 11.4 Å². The molecule has 1 fully saturated rings. The van der Waals surface area contributed by atoms with Crippen LogP contribution in [0.25, 0.3) is 0 Å². The van der Waals surface area contributed by atoms with Crippen LogP contribution >= 0.6 is 11.6 Å². The standard InChI is InChI=1S/C24H30ClFN2O3S/c1-28-14-18-11-17-12-22(26)23(31-8-7-24(16-5-6-16)32(27,29)30)13-21(17)20(18)10-15-3-2-4-19(25)9-15/h2-4,9,12-13,16,18,20,24,28H,5-8,10-11,14H2,1H3,(H2,27,29,30). The number of hydrogen-bond donors (Lipinski definition) is 2. The lowest BCUT2D eigenvalue weighted by Crippen LogP contribution is -2.31. The van der Waals surface area contributed by atoms with Crippen molar-refractivity contribution in [3.63, 3.8) is 0 Å². The van der Waals surface area contributed by atoms with Crippen LogP contribution in [0.15, 0.2) is 36.4 Å². The molecule has 0 spiro atoms. The number of benzene rings is 2. The number of rotatable bonds is 10. The molecule has 3 N–H and O–H groups in total. The third-order valence-corrected chi connectivity index (χ3v) is 8.38. The molecule has 4 rings (SSSR count). The summed E-state index contributed by atoms with van der Waals surface area (Å²) in [4.78, 5) is 0. The summed E-state index contributed by atoms with van der Waals surface area (Å²) in [6.07, 6.45) is 3.61. The van der Waals surface area contributed by atoms with Gasteiger partial charge in [-0.2, -0.15) is 0 Å². The summed E-state index contributed by atoms with van der Waals surface area (Å²) in [5, 5.41) is 8.72. The minimum atomic E-state index is -3.63. The van der Waals surface area contributed by atoms with E-state index in [0.717, 1.165) is 48.9 Å². The van der Waals surface area contributed by atoms with Crippen molar-refractivity contribution >= 4 is 21.6 Å². The normalized spacial score (nSPS) is 21.4. The molecule has 8 heteroatoms. The van der Waals surface area contributed by atoms with Crippen LogP contribution in [0.4, 0.5) is 4.39 Å². The number of primary sulfonamides is 1. The summed E-state index contributed by atoms with van der Waals surface area (Å²) in [5.74, 6) is 0.415. The Balaban J connectivity index is 1.52. The number of hydrogen-bond acceptors (Lipinski definition) is 4. The Labute approximate surface area is 194 Å². The molecule has 2 aliphatic carbocycles. The monoisotopic (exact) mass is 480 g/mol. The predicted octanol–water partition coefficient (Wildman–Crippen LogP) is 4.03. The molecule has 0 heterocycles. The van der Waals surface area contributed by atoms with Crippen molar-refractivity contribution < 1.29 is 17.5 Å². The van der Waals surface area contributed by atoms with E-state index < -0.39 is 21.1 Å². The zero-order valence-corrected chi connectivity index (χ0v) is 19.8. The van der Waals surface area contributed by atoms with Gasteiger partial charge in [-0.15, -0.1) is 0 Å². The van der Waals surface area contributed by atoms with Gasteiger partial charge in [0.2, 0.25) is 10.0 Å². The maximum atomic E-state index is 14.8. The number of fused-ring (bicyclic) bond motifs is 1. The van der Waals surface area contributed by atoms with E-state index in [4.69, 9.17) is 21.5 Å². The van der Waals surface area contributed by atoms with Crippen molar-refractivity contribution in [1.29, 1.82) is 0 Å². The molecule has 2 aliphatic rings. The molecule has 3 atom stereocenters. The zero-order valence-electron chi connectivity index (χ0n) is 18.2. The highest BCUT2D eigenvalue weighted by molar-refractivity contribution is 7.89. The lowest BCUT2D eigenvalue weighted by molar-refractivity contribution is 0.289. The van der Waals surface area contributed by atoms with Gasteiger partial charge in [0.25, 0.3) is 0 Å². The molecule has 0 saturated heterocycles. The molecule has 1 saturated carbocycles. The molecule has 2 aromatic carbocycles. The summed E-state index contributed by atoms with van der Waals surface area (Å²) in [6, 6.07) is 11.2. The van der Waals surface area contributed by atoms with Crippen molar-refractivity contribution in [3.05, 3.63) is 63.9 Å². The van der Waals surface area contributed by atoms with Crippen molar-refractivity contribution in [2.24, 2.45) is 17.0 Å². The molecule has 3 unspecified atom stereocenters. The van der Waals surface area contributed by atoms with Crippen LogP contribution < -0.4 is 15.2 Å². The van der Waals surface area contributed by atoms with Crippen molar-refractivity contribution in [1.82, 2.24) is 5.32 Å². The molecular formula is C24H30ClFN2O3S. The number of halogens is 2. The number of sulfonamides is 1. The van der Waals surface area contributed by atoms with Crippen LogP contribution in [0, 0.1) is 17.7 Å². The first-order valence-corrected chi connectivity index (χ1v) is 13.1. The summed E-state index contributed by atoms with van der Waals surface area (Å²) < 4.78 is 44.2. The molecule has 5 nitrogen and oxygen atoms in total. The van der Waals surface area contributed by atoms with E-state index in [1.165, 1.54) is 0 Å². The highest BCUT2D eigenvalue weighted by Crippen LogP contribution is 2.43. The van der Waals surface area contributed by atoms with E-state index in [1.807, 2.05) is 25.2 Å². The van der Waals surface area contributed by atoms with Gasteiger partial charge in [0, 0.05) is 5.02 Å². The Kier molecular flexibility index (Phi) is 7.10. The molecule has 0 radical (unpaired) electrons. The van der Waals surface area contributed by atoms with Crippen molar-refractivity contribution in [3.8, 4) is 5.75 Å². The van der Waals surface area contributed by atoms with Crippen molar-refractivity contribution in [2.45, 2.75) is 43.3 Å². The topological polar surface area (TPSA) is 81.4 Å². The van der Waals surface area contributed by atoms with Crippen LogP contribution in [0.2, 0.25) is 5.02 Å². The lowest BCUT2D eigenvalue weighted by Gasteiger charge is -2.21. The van der Waals surface area contributed by atoms with Crippen LogP contribution in [0.3, 0.4) is 0 Å². The highest BCUT2D eigenvalue weighted by Gasteiger charge is 2.38. The average molecular weight is 481 g/mol. The Hall–Kier alpha value is -1.67. The second kappa shape index (κ2) is 9.67. The third kappa shape index (κ3) is 5.45. The predicted molar refractivity (Wildman–Crippen MR) is 125 cm³/mol. The van der Waals surface area contributed by atoms with E-state index in [9.17, 15) is 12.8 Å². The van der Waals surface area contributed by atoms with Crippen LogP contribution in [0.5, 0.6) is 5.75 Å². The lowest BCUT2D eigenvalue weighted by atomic mass is 9.86. The smallest absolute Gasteiger partial charge is 0.212 e. The van der Waals surface area contributed by atoms with Crippen LogP contribution in [0.1, 0.15) is 41.9 Å².